The van der Waals surface area contributed by atoms with E-state index >= 15 is 0 Å². The smallest absolute Gasteiger partial charge is 0.220 e. The quantitative estimate of drug-likeness (QED) is 0.0234. The number of unbranched alkanes of at least 4 members (excludes halogenated alkanes) is 17. The van der Waals surface area contributed by atoms with Gasteiger partial charge in [0, 0.05) is 6.42 Å². The van der Waals surface area contributed by atoms with E-state index in [4.69, 9.17) is 18.9 Å². The molecule has 0 aromatic rings. The highest BCUT2D eigenvalue weighted by Gasteiger charge is 2.51. The number of hydrogen-bond donors (Lipinski definition) is 9. The van der Waals surface area contributed by atoms with Crippen LogP contribution in [0.1, 0.15) is 168 Å². The number of carbonyl (C=O) groups excluding carboxylic acids is 1. The molecule has 0 aromatic carbocycles. The molecule has 12 unspecified atom stereocenters. The van der Waals surface area contributed by atoms with Crippen LogP contribution < -0.4 is 5.32 Å². The van der Waals surface area contributed by atoms with Crippen molar-refractivity contribution in [3.05, 3.63) is 60.8 Å². The molecule has 2 heterocycles. The van der Waals surface area contributed by atoms with Crippen molar-refractivity contribution >= 4 is 5.91 Å². The van der Waals surface area contributed by atoms with E-state index in [-0.39, 0.29) is 18.9 Å². The second-order valence-electron chi connectivity index (χ2n) is 17.9. The first-order valence-corrected chi connectivity index (χ1v) is 25.5. The summed E-state index contributed by atoms with van der Waals surface area (Å²) >= 11 is 0. The summed E-state index contributed by atoms with van der Waals surface area (Å²) in [6, 6.07) is -0.923. The number of amides is 1. The molecule has 2 fully saturated rings. The molecular weight excluding hydrogens is 847 g/mol. The lowest BCUT2D eigenvalue weighted by atomic mass is 9.97. The Bertz CT molecular complexity index is 1340. The van der Waals surface area contributed by atoms with Crippen molar-refractivity contribution in [2.45, 2.75) is 242 Å². The minimum absolute atomic E-state index is 0.257. The normalized spacial score (nSPS) is 27.3. The molecule has 2 aliphatic heterocycles. The Labute approximate surface area is 396 Å². The fourth-order valence-corrected chi connectivity index (χ4v) is 8.04. The second-order valence-corrected chi connectivity index (χ2v) is 17.9. The minimum Gasteiger partial charge on any atom is -0.394 e. The van der Waals surface area contributed by atoms with E-state index in [1.165, 1.54) is 57.8 Å². The predicted octanol–water partition coefficient (Wildman–Crippen LogP) is 6.66. The van der Waals surface area contributed by atoms with Gasteiger partial charge in [0.1, 0.15) is 48.8 Å². The predicted molar refractivity (Wildman–Crippen MR) is 258 cm³/mol. The summed E-state index contributed by atoms with van der Waals surface area (Å²) in [4.78, 5) is 13.2. The number of carbonyl (C=O) groups is 1. The third kappa shape index (κ3) is 25.3. The van der Waals surface area contributed by atoms with Crippen molar-refractivity contribution < 1.29 is 64.6 Å². The molecule has 2 rings (SSSR count). The van der Waals surface area contributed by atoms with Gasteiger partial charge in [0.05, 0.1) is 32.0 Å². The monoisotopic (exact) mass is 938 g/mol. The Kier molecular flexibility index (Phi) is 34.9. The lowest BCUT2D eigenvalue weighted by molar-refractivity contribution is -0.359. The van der Waals surface area contributed by atoms with Crippen LogP contribution in [0.5, 0.6) is 0 Å². The zero-order chi connectivity index (χ0) is 48.2. The third-order valence-corrected chi connectivity index (χ3v) is 12.2. The van der Waals surface area contributed by atoms with Crippen LogP contribution >= 0.6 is 0 Å². The maximum Gasteiger partial charge on any atom is 0.220 e. The molecule has 382 valence electrons. The summed E-state index contributed by atoms with van der Waals surface area (Å²) < 4.78 is 22.7. The van der Waals surface area contributed by atoms with Gasteiger partial charge in [-0.15, -0.1) is 0 Å². The Morgan fingerprint density at radius 3 is 1.61 bits per heavy atom. The van der Waals surface area contributed by atoms with Crippen molar-refractivity contribution in [3.63, 3.8) is 0 Å². The Morgan fingerprint density at radius 1 is 0.561 bits per heavy atom. The molecule has 0 aliphatic carbocycles. The van der Waals surface area contributed by atoms with Gasteiger partial charge in [-0.2, -0.15) is 0 Å². The van der Waals surface area contributed by atoms with Crippen LogP contribution in [0.25, 0.3) is 0 Å². The lowest BCUT2D eigenvalue weighted by Crippen LogP contribution is -2.65. The van der Waals surface area contributed by atoms with Gasteiger partial charge >= 0.3 is 0 Å². The van der Waals surface area contributed by atoms with Gasteiger partial charge in [-0.25, -0.2) is 0 Å². The molecule has 14 heteroatoms. The summed E-state index contributed by atoms with van der Waals surface area (Å²) in [6.45, 7) is 2.64. The SMILES string of the molecule is CC/C=C\C/C=C\C/C=C\C/C=C\CCCCCCCCC(=O)NC(COC1OC(CO)C(OC2OC(CO)C(O)C(O)C2O)C(O)C1O)C(O)/C=C/CCCCCCCCCCCCC. The molecule has 66 heavy (non-hydrogen) atoms. The molecular formula is C52H91NO13. The van der Waals surface area contributed by atoms with Crippen LogP contribution in [0, 0.1) is 0 Å². The van der Waals surface area contributed by atoms with Gasteiger partial charge in [-0.05, 0) is 57.8 Å². The zero-order valence-electron chi connectivity index (χ0n) is 40.4. The van der Waals surface area contributed by atoms with Crippen molar-refractivity contribution in [2.75, 3.05) is 19.8 Å². The van der Waals surface area contributed by atoms with E-state index in [1.54, 1.807) is 6.08 Å². The van der Waals surface area contributed by atoms with Crippen molar-refractivity contribution in [3.8, 4) is 0 Å². The standard InChI is InChI=1S/C52H91NO13/c1-3-5-7-9-11-13-15-17-18-19-20-21-22-24-26-28-30-32-34-36-44(57)53-40(41(56)35-33-31-29-27-25-23-16-14-12-10-8-6-4-2)39-63-51-49(62)47(60)50(43(38-55)65-51)66-52-48(61)46(59)45(58)42(37-54)64-52/h5,7,11,13,17-18,20-21,33,35,40-43,45-52,54-56,58-62H,3-4,6,8-10,12,14-16,19,22-32,34,36-39H2,1-2H3,(H,53,57)/b7-5-,13-11-,18-17-,21-20-,35-33+. The zero-order valence-corrected chi connectivity index (χ0v) is 40.4. The molecule has 0 bridgehead atoms. The van der Waals surface area contributed by atoms with Crippen LogP contribution in [-0.4, -0.2) is 140 Å². The van der Waals surface area contributed by atoms with E-state index in [9.17, 15) is 45.6 Å². The van der Waals surface area contributed by atoms with Crippen molar-refractivity contribution in [1.82, 2.24) is 5.32 Å². The highest BCUT2D eigenvalue weighted by atomic mass is 16.7. The summed E-state index contributed by atoms with van der Waals surface area (Å²) in [7, 11) is 0. The summed E-state index contributed by atoms with van der Waals surface area (Å²) in [6.07, 6.45) is 29.7. The summed E-state index contributed by atoms with van der Waals surface area (Å²) in [5, 5.41) is 86.7. The number of ether oxygens (including phenoxy) is 4. The molecule has 0 aromatic heterocycles. The van der Waals surface area contributed by atoms with Gasteiger partial charge in [-0.3, -0.25) is 4.79 Å². The maximum atomic E-state index is 13.2. The summed E-state index contributed by atoms with van der Waals surface area (Å²) in [5.74, 6) is -0.257. The number of allylic oxidation sites excluding steroid dienone is 9. The van der Waals surface area contributed by atoms with Gasteiger partial charge < -0.3 is 65.1 Å². The number of hydrogen-bond acceptors (Lipinski definition) is 13. The fourth-order valence-electron chi connectivity index (χ4n) is 8.04. The van der Waals surface area contributed by atoms with Crippen LogP contribution in [-0.2, 0) is 23.7 Å². The topological polar surface area (TPSA) is 228 Å². The molecule has 2 aliphatic rings. The molecule has 0 saturated carbocycles. The van der Waals surface area contributed by atoms with Gasteiger partial charge in [-0.1, -0.05) is 164 Å². The second kappa shape index (κ2) is 38.5. The first kappa shape index (κ1) is 59.8. The van der Waals surface area contributed by atoms with E-state index in [0.29, 0.717) is 6.42 Å². The van der Waals surface area contributed by atoms with E-state index in [0.717, 1.165) is 83.5 Å². The largest absolute Gasteiger partial charge is 0.394 e. The first-order chi connectivity index (χ1) is 32.1. The molecule has 1 amide bonds. The molecule has 2 saturated heterocycles. The number of aliphatic hydroxyl groups excluding tert-OH is 8. The van der Waals surface area contributed by atoms with Crippen LogP contribution in [0.15, 0.2) is 60.8 Å². The average molecular weight is 938 g/mol. The van der Waals surface area contributed by atoms with Gasteiger partial charge in [0.25, 0.3) is 0 Å². The summed E-state index contributed by atoms with van der Waals surface area (Å²) in [5.41, 5.74) is 0. The average Bonchev–Trinajstić information content (AvgIpc) is 3.31. The first-order valence-electron chi connectivity index (χ1n) is 25.5. The highest BCUT2D eigenvalue weighted by Crippen LogP contribution is 2.30. The van der Waals surface area contributed by atoms with Crippen LogP contribution in [0.2, 0.25) is 0 Å². The van der Waals surface area contributed by atoms with Crippen LogP contribution in [0.3, 0.4) is 0 Å². The molecule has 12 atom stereocenters. The number of aliphatic hydroxyl groups is 8. The molecule has 9 N–H and O–H groups in total. The Balaban J connectivity index is 1.85. The van der Waals surface area contributed by atoms with Crippen molar-refractivity contribution in [2.24, 2.45) is 0 Å². The molecule has 0 spiro atoms. The molecule has 0 radical (unpaired) electrons. The van der Waals surface area contributed by atoms with Gasteiger partial charge in [0.15, 0.2) is 12.6 Å². The fraction of sp³-hybridized carbons (Fsp3) is 0.788. The Morgan fingerprint density at radius 2 is 1.05 bits per heavy atom. The maximum absolute atomic E-state index is 13.2. The van der Waals surface area contributed by atoms with Crippen LogP contribution in [0.4, 0.5) is 0 Å². The Hall–Kier alpha value is -2.31. The van der Waals surface area contributed by atoms with E-state index in [1.807, 2.05) is 6.08 Å². The lowest BCUT2D eigenvalue weighted by Gasteiger charge is -2.46. The molecule has 14 nitrogen and oxygen atoms in total. The highest BCUT2D eigenvalue weighted by molar-refractivity contribution is 5.76. The van der Waals surface area contributed by atoms with E-state index < -0.39 is 86.8 Å². The van der Waals surface area contributed by atoms with Crippen molar-refractivity contribution in [1.29, 1.82) is 0 Å². The van der Waals surface area contributed by atoms with Gasteiger partial charge in [0.2, 0.25) is 5.91 Å². The minimum atomic E-state index is -1.79. The number of rotatable bonds is 38. The number of nitrogens with one attached hydrogen (secondary N) is 1. The third-order valence-electron chi connectivity index (χ3n) is 12.2. The van der Waals surface area contributed by atoms with E-state index in [2.05, 4.69) is 67.8 Å².